The molecular formula is C13H22N2O4. The van der Waals surface area contributed by atoms with Crippen molar-refractivity contribution in [3.8, 4) is 0 Å². The largest absolute Gasteiger partial charge is 0.480 e. The van der Waals surface area contributed by atoms with E-state index in [1.807, 2.05) is 0 Å². The molecule has 2 fully saturated rings. The molecule has 19 heavy (non-hydrogen) atoms. The summed E-state index contributed by atoms with van der Waals surface area (Å²) in [5.74, 6) is -0.909. The van der Waals surface area contributed by atoms with E-state index in [4.69, 9.17) is 9.84 Å². The van der Waals surface area contributed by atoms with Crippen LogP contribution in [0.4, 0.5) is 4.79 Å². The molecule has 2 amide bonds. The number of carboxylic acid groups (broad SMARTS) is 1. The quantitative estimate of drug-likeness (QED) is 0.835. The number of hydrogen-bond acceptors (Lipinski definition) is 3. The van der Waals surface area contributed by atoms with E-state index in [1.54, 1.807) is 11.9 Å². The zero-order valence-electron chi connectivity index (χ0n) is 11.4. The van der Waals surface area contributed by atoms with E-state index in [0.717, 1.165) is 32.3 Å². The zero-order chi connectivity index (χ0) is 13.8. The first kappa shape index (κ1) is 14.1. The second kappa shape index (κ2) is 6.23. The molecule has 0 saturated carbocycles. The predicted molar refractivity (Wildman–Crippen MR) is 69.0 cm³/mol. The summed E-state index contributed by atoms with van der Waals surface area (Å²) in [6.45, 7) is 1.83. The van der Waals surface area contributed by atoms with Crippen molar-refractivity contribution in [2.45, 2.75) is 44.2 Å². The second-order valence-corrected chi connectivity index (χ2v) is 5.34. The van der Waals surface area contributed by atoms with E-state index in [-0.39, 0.29) is 12.1 Å². The standard InChI is InChI=1S/C13H22N2O4/c1-14(9-10-5-2-3-8-19-10)13(18)15-7-4-6-11(15)12(16)17/h10-11H,2-9H2,1H3,(H,16,17)/t10?,11-/m0/s1. The van der Waals surface area contributed by atoms with Crippen LogP contribution in [-0.4, -0.2) is 65.8 Å². The maximum atomic E-state index is 12.3. The Bertz CT molecular complexity index is 342. The Hall–Kier alpha value is -1.30. The van der Waals surface area contributed by atoms with Crippen LogP contribution in [0.15, 0.2) is 0 Å². The lowest BCUT2D eigenvalue weighted by Gasteiger charge is -2.31. The van der Waals surface area contributed by atoms with Gasteiger partial charge >= 0.3 is 12.0 Å². The summed E-state index contributed by atoms with van der Waals surface area (Å²) in [6.07, 6.45) is 4.59. The number of ether oxygens (including phenoxy) is 1. The fraction of sp³-hybridized carbons (Fsp3) is 0.846. The molecule has 6 heteroatoms. The van der Waals surface area contributed by atoms with Crippen LogP contribution in [0.3, 0.4) is 0 Å². The van der Waals surface area contributed by atoms with E-state index >= 15 is 0 Å². The monoisotopic (exact) mass is 270 g/mol. The van der Waals surface area contributed by atoms with Crippen molar-refractivity contribution in [1.82, 2.24) is 9.80 Å². The lowest BCUT2D eigenvalue weighted by Crippen LogP contribution is -2.48. The molecule has 0 aromatic carbocycles. The van der Waals surface area contributed by atoms with Crippen molar-refractivity contribution in [3.05, 3.63) is 0 Å². The number of nitrogens with zero attached hydrogens (tertiary/aromatic N) is 2. The summed E-state index contributed by atoms with van der Waals surface area (Å²) in [5.41, 5.74) is 0. The number of aliphatic carboxylic acids is 1. The molecule has 2 atom stereocenters. The molecule has 0 spiro atoms. The number of amides is 2. The molecule has 0 aromatic heterocycles. The number of carbonyl (C=O) groups excluding carboxylic acids is 1. The van der Waals surface area contributed by atoms with Gasteiger partial charge in [0.25, 0.3) is 0 Å². The van der Waals surface area contributed by atoms with Gasteiger partial charge in [-0.1, -0.05) is 0 Å². The lowest BCUT2D eigenvalue weighted by molar-refractivity contribution is -0.141. The summed E-state index contributed by atoms with van der Waals surface area (Å²) in [6, 6.07) is -0.860. The van der Waals surface area contributed by atoms with Crippen molar-refractivity contribution in [2.75, 3.05) is 26.7 Å². The maximum Gasteiger partial charge on any atom is 0.326 e. The van der Waals surface area contributed by atoms with Crippen molar-refractivity contribution in [1.29, 1.82) is 0 Å². The van der Waals surface area contributed by atoms with Gasteiger partial charge in [-0.2, -0.15) is 0 Å². The zero-order valence-corrected chi connectivity index (χ0v) is 11.4. The van der Waals surface area contributed by atoms with Gasteiger partial charge in [0, 0.05) is 26.7 Å². The van der Waals surface area contributed by atoms with Crippen molar-refractivity contribution >= 4 is 12.0 Å². The maximum absolute atomic E-state index is 12.3. The van der Waals surface area contributed by atoms with Crippen LogP contribution in [0.25, 0.3) is 0 Å². The highest BCUT2D eigenvalue weighted by atomic mass is 16.5. The molecule has 0 aromatic rings. The van der Waals surface area contributed by atoms with Crippen molar-refractivity contribution in [3.63, 3.8) is 0 Å². The van der Waals surface area contributed by atoms with Gasteiger partial charge in [0.2, 0.25) is 0 Å². The minimum atomic E-state index is -0.909. The molecule has 0 aliphatic carbocycles. The van der Waals surface area contributed by atoms with E-state index < -0.39 is 12.0 Å². The minimum Gasteiger partial charge on any atom is -0.480 e. The summed E-state index contributed by atoms with van der Waals surface area (Å²) >= 11 is 0. The van der Waals surface area contributed by atoms with Crippen LogP contribution >= 0.6 is 0 Å². The molecule has 1 unspecified atom stereocenters. The molecule has 0 bridgehead atoms. The normalized spacial score (nSPS) is 27.3. The first-order valence-electron chi connectivity index (χ1n) is 6.95. The van der Waals surface area contributed by atoms with Gasteiger partial charge in [0.05, 0.1) is 6.10 Å². The predicted octanol–water partition coefficient (Wildman–Crippen LogP) is 1.16. The molecule has 108 valence electrons. The summed E-state index contributed by atoms with van der Waals surface area (Å²) in [5, 5.41) is 9.10. The van der Waals surface area contributed by atoms with Crippen LogP contribution < -0.4 is 0 Å². The van der Waals surface area contributed by atoms with E-state index in [1.165, 1.54) is 4.90 Å². The van der Waals surface area contributed by atoms with Gasteiger partial charge in [-0.05, 0) is 32.1 Å². The summed E-state index contributed by atoms with van der Waals surface area (Å²) in [7, 11) is 1.72. The molecule has 2 aliphatic heterocycles. The highest BCUT2D eigenvalue weighted by Crippen LogP contribution is 2.20. The molecule has 1 N–H and O–H groups in total. The first-order valence-corrected chi connectivity index (χ1v) is 6.95. The Labute approximate surface area is 113 Å². The molecular weight excluding hydrogens is 248 g/mol. The highest BCUT2D eigenvalue weighted by Gasteiger charge is 2.35. The van der Waals surface area contributed by atoms with Crippen molar-refractivity contribution in [2.24, 2.45) is 0 Å². The molecule has 2 rings (SSSR count). The van der Waals surface area contributed by atoms with Gasteiger partial charge < -0.3 is 19.6 Å². The average Bonchev–Trinajstić information content (AvgIpc) is 2.88. The van der Waals surface area contributed by atoms with Gasteiger partial charge in [0.15, 0.2) is 0 Å². The third-order valence-corrected chi connectivity index (χ3v) is 3.86. The fourth-order valence-electron chi connectivity index (χ4n) is 2.81. The van der Waals surface area contributed by atoms with Crippen molar-refractivity contribution < 1.29 is 19.4 Å². The molecule has 2 aliphatic rings. The fourth-order valence-corrected chi connectivity index (χ4v) is 2.81. The smallest absolute Gasteiger partial charge is 0.326 e. The number of urea groups is 1. The third-order valence-electron chi connectivity index (χ3n) is 3.86. The van der Waals surface area contributed by atoms with Crippen LogP contribution in [-0.2, 0) is 9.53 Å². The molecule has 0 radical (unpaired) electrons. The second-order valence-electron chi connectivity index (χ2n) is 5.34. The number of carboxylic acids is 1. The Morgan fingerprint density at radius 1 is 1.32 bits per heavy atom. The molecule has 2 saturated heterocycles. The van der Waals surface area contributed by atoms with Gasteiger partial charge in [-0.3, -0.25) is 0 Å². The first-order chi connectivity index (χ1) is 9.09. The Morgan fingerprint density at radius 3 is 2.74 bits per heavy atom. The number of likely N-dealkylation sites (N-methyl/N-ethyl adjacent to an activating group) is 1. The Kier molecular flexibility index (Phi) is 4.63. The van der Waals surface area contributed by atoms with Gasteiger partial charge in [-0.25, -0.2) is 9.59 Å². The Balaban J connectivity index is 1.89. The minimum absolute atomic E-state index is 0.0913. The van der Waals surface area contributed by atoms with Crippen LogP contribution in [0.1, 0.15) is 32.1 Å². The van der Waals surface area contributed by atoms with Gasteiger partial charge in [0.1, 0.15) is 6.04 Å². The third kappa shape index (κ3) is 3.37. The van der Waals surface area contributed by atoms with Crippen LogP contribution in [0, 0.1) is 0 Å². The number of rotatable bonds is 3. The lowest BCUT2D eigenvalue weighted by atomic mass is 10.1. The summed E-state index contributed by atoms with van der Waals surface area (Å²) in [4.78, 5) is 26.4. The SMILES string of the molecule is CN(CC1CCCCO1)C(=O)N1CCC[C@H]1C(=O)O. The highest BCUT2D eigenvalue weighted by molar-refractivity contribution is 5.83. The Morgan fingerprint density at radius 2 is 2.11 bits per heavy atom. The van der Waals surface area contributed by atoms with E-state index in [0.29, 0.717) is 19.5 Å². The average molecular weight is 270 g/mol. The van der Waals surface area contributed by atoms with Gasteiger partial charge in [-0.15, -0.1) is 0 Å². The number of hydrogen-bond donors (Lipinski definition) is 1. The van der Waals surface area contributed by atoms with Crippen LogP contribution in [0.5, 0.6) is 0 Å². The van der Waals surface area contributed by atoms with Crippen LogP contribution in [0.2, 0.25) is 0 Å². The molecule has 6 nitrogen and oxygen atoms in total. The topological polar surface area (TPSA) is 70.1 Å². The summed E-state index contributed by atoms with van der Waals surface area (Å²) < 4.78 is 5.61. The number of carbonyl (C=O) groups is 2. The van der Waals surface area contributed by atoms with E-state index in [2.05, 4.69) is 0 Å². The molecule has 2 heterocycles. The number of likely N-dealkylation sites (tertiary alicyclic amines) is 1. The van der Waals surface area contributed by atoms with E-state index in [9.17, 15) is 9.59 Å².